The highest BCUT2D eigenvalue weighted by Crippen LogP contribution is 2.34. The predicted octanol–water partition coefficient (Wildman–Crippen LogP) is 2.00. The molecule has 2 unspecified atom stereocenters. The number of nitrogens with zero attached hydrogens (tertiary/aromatic N) is 1. The Morgan fingerprint density at radius 2 is 2.04 bits per heavy atom. The average molecular weight is 390 g/mol. The molecule has 0 aliphatic heterocycles. The summed E-state index contributed by atoms with van der Waals surface area (Å²) in [6.07, 6.45) is 3.75. The molecule has 1 aromatic carbocycles. The molecule has 0 aromatic heterocycles. The molecule has 25 heavy (non-hydrogen) atoms. The van der Waals surface area contributed by atoms with E-state index in [4.69, 9.17) is 5.73 Å². The largest absolute Gasteiger partial charge is 0.345 e. The van der Waals surface area contributed by atoms with Crippen LogP contribution < -0.4 is 10.5 Å². The van der Waals surface area contributed by atoms with Crippen LogP contribution in [0.1, 0.15) is 43.0 Å². The quantitative estimate of drug-likeness (QED) is 0.805. The first kappa shape index (κ1) is 21.9. The number of nitrogens with two attached hydrogens (primary N) is 1. The van der Waals surface area contributed by atoms with Crippen molar-refractivity contribution >= 4 is 28.3 Å². The summed E-state index contributed by atoms with van der Waals surface area (Å²) in [4.78, 5) is 13.6. The third kappa shape index (κ3) is 4.73. The lowest BCUT2D eigenvalue weighted by Gasteiger charge is -2.42. The van der Waals surface area contributed by atoms with Gasteiger partial charge in [-0.1, -0.05) is 25.8 Å². The number of halogens is 1. The van der Waals surface area contributed by atoms with Crippen LogP contribution in [0.5, 0.6) is 0 Å². The van der Waals surface area contributed by atoms with E-state index in [0.29, 0.717) is 5.56 Å². The van der Waals surface area contributed by atoms with Gasteiger partial charge in [-0.3, -0.25) is 4.79 Å². The van der Waals surface area contributed by atoms with Crippen molar-refractivity contribution in [3.05, 3.63) is 29.8 Å². The van der Waals surface area contributed by atoms with Crippen molar-refractivity contribution in [1.29, 1.82) is 0 Å². The molecule has 1 aliphatic carbocycles. The zero-order valence-electron chi connectivity index (χ0n) is 15.0. The normalized spacial score (nSPS) is 23.6. The van der Waals surface area contributed by atoms with Gasteiger partial charge in [-0.2, -0.15) is 0 Å². The number of hydrogen-bond acceptors (Lipinski definition) is 4. The fraction of sp³-hybridized carbons (Fsp3) is 0.588. The molecule has 1 aromatic rings. The van der Waals surface area contributed by atoms with Crippen molar-refractivity contribution in [2.75, 3.05) is 20.6 Å². The van der Waals surface area contributed by atoms with Gasteiger partial charge < -0.3 is 10.6 Å². The molecule has 0 heterocycles. The molecule has 1 fully saturated rings. The van der Waals surface area contributed by atoms with E-state index in [1.54, 1.807) is 26.2 Å². The third-order valence-electron chi connectivity index (χ3n) is 4.95. The van der Waals surface area contributed by atoms with Gasteiger partial charge in [0.1, 0.15) is 0 Å². The molecule has 6 nitrogen and oxygen atoms in total. The number of nitrogens with one attached hydrogen (secondary N) is 1. The van der Waals surface area contributed by atoms with E-state index in [1.807, 2.05) is 6.92 Å². The first-order chi connectivity index (χ1) is 11.2. The summed E-state index contributed by atoms with van der Waals surface area (Å²) in [6.45, 7) is 2.31. The highest BCUT2D eigenvalue weighted by atomic mass is 35.5. The van der Waals surface area contributed by atoms with Crippen LogP contribution in [0.3, 0.4) is 0 Å². The molecule has 1 aliphatic rings. The smallest absolute Gasteiger partial charge is 0.253 e. The Balaban J connectivity index is 0.00000312. The van der Waals surface area contributed by atoms with Crippen LogP contribution in [-0.2, 0) is 10.0 Å². The molecule has 3 N–H and O–H groups in total. The third-order valence-corrected chi connectivity index (χ3v) is 6.50. The number of sulfonamides is 1. The Morgan fingerprint density at radius 1 is 1.36 bits per heavy atom. The predicted molar refractivity (Wildman–Crippen MR) is 101 cm³/mol. The number of carbonyl (C=O) groups excluding carboxylic acids is 1. The molecule has 0 spiro atoms. The minimum Gasteiger partial charge on any atom is -0.345 e. The van der Waals surface area contributed by atoms with Gasteiger partial charge in [0.05, 0.1) is 4.90 Å². The van der Waals surface area contributed by atoms with Gasteiger partial charge in [-0.25, -0.2) is 13.1 Å². The maximum absolute atomic E-state index is 12.9. The second kappa shape index (κ2) is 8.49. The summed E-state index contributed by atoms with van der Waals surface area (Å²) in [5.41, 5.74) is 5.68. The second-order valence-electron chi connectivity index (χ2n) is 6.84. The van der Waals surface area contributed by atoms with Crippen molar-refractivity contribution in [2.45, 2.75) is 43.0 Å². The van der Waals surface area contributed by atoms with Gasteiger partial charge in [0, 0.05) is 31.7 Å². The second-order valence-corrected chi connectivity index (χ2v) is 8.52. The molecule has 142 valence electrons. The lowest BCUT2D eigenvalue weighted by atomic mass is 9.74. The van der Waals surface area contributed by atoms with Gasteiger partial charge in [0.25, 0.3) is 5.91 Å². The summed E-state index contributed by atoms with van der Waals surface area (Å²) in [5, 5.41) is 0. The maximum Gasteiger partial charge on any atom is 0.253 e. The number of rotatable bonds is 5. The summed E-state index contributed by atoms with van der Waals surface area (Å²) in [7, 11) is -0.478. The van der Waals surface area contributed by atoms with E-state index < -0.39 is 15.6 Å². The van der Waals surface area contributed by atoms with Crippen LogP contribution in [0, 0.1) is 5.92 Å². The Morgan fingerprint density at radius 3 is 2.60 bits per heavy atom. The Hall–Kier alpha value is -1.15. The van der Waals surface area contributed by atoms with Crippen molar-refractivity contribution in [1.82, 2.24) is 9.62 Å². The van der Waals surface area contributed by atoms with E-state index in [9.17, 15) is 13.2 Å². The van der Waals surface area contributed by atoms with Gasteiger partial charge in [-0.15, -0.1) is 12.4 Å². The van der Waals surface area contributed by atoms with Gasteiger partial charge in [-0.05, 0) is 37.0 Å². The van der Waals surface area contributed by atoms with Crippen LogP contribution in [0.4, 0.5) is 0 Å². The standard InChI is InChI=1S/C17H27N3O3S.ClH/c1-13-7-4-5-10-17(13,12-18)19-24(22,23)15-9-6-8-14(11-15)16(21)20(2)3;/h6,8-9,11,13,19H,4-5,7,10,12,18H2,1-3H3;1H. The topological polar surface area (TPSA) is 92.5 Å². The molecule has 2 rings (SSSR count). The number of amides is 1. The number of benzene rings is 1. The summed E-state index contributed by atoms with van der Waals surface area (Å²) in [6, 6.07) is 6.13. The molecule has 8 heteroatoms. The van der Waals surface area contributed by atoms with E-state index in [2.05, 4.69) is 4.72 Å². The van der Waals surface area contributed by atoms with Gasteiger partial charge >= 0.3 is 0 Å². The number of hydrogen-bond donors (Lipinski definition) is 2. The molecule has 2 atom stereocenters. The van der Waals surface area contributed by atoms with Crippen LogP contribution in [0.2, 0.25) is 0 Å². The van der Waals surface area contributed by atoms with Crippen LogP contribution in [-0.4, -0.2) is 45.4 Å². The van der Waals surface area contributed by atoms with Crippen molar-refractivity contribution < 1.29 is 13.2 Å². The fourth-order valence-electron chi connectivity index (χ4n) is 3.29. The molecular weight excluding hydrogens is 362 g/mol. The molecule has 0 saturated heterocycles. The van der Waals surface area contributed by atoms with E-state index in [-0.39, 0.29) is 35.7 Å². The van der Waals surface area contributed by atoms with Crippen molar-refractivity contribution in [3.63, 3.8) is 0 Å². The maximum atomic E-state index is 12.9. The minimum absolute atomic E-state index is 0. The monoisotopic (exact) mass is 389 g/mol. The van der Waals surface area contributed by atoms with Crippen LogP contribution in [0.15, 0.2) is 29.2 Å². The molecule has 1 amide bonds. The molecule has 1 saturated carbocycles. The zero-order valence-corrected chi connectivity index (χ0v) is 16.6. The Kier molecular flexibility index (Phi) is 7.43. The molecular formula is C17H28ClN3O3S. The van der Waals surface area contributed by atoms with Crippen LogP contribution >= 0.6 is 12.4 Å². The van der Waals surface area contributed by atoms with E-state index in [1.165, 1.54) is 17.0 Å². The van der Waals surface area contributed by atoms with E-state index in [0.717, 1.165) is 25.7 Å². The van der Waals surface area contributed by atoms with Crippen LogP contribution in [0.25, 0.3) is 0 Å². The average Bonchev–Trinajstić information content (AvgIpc) is 2.56. The van der Waals surface area contributed by atoms with Crippen molar-refractivity contribution in [3.8, 4) is 0 Å². The molecule has 0 radical (unpaired) electrons. The van der Waals surface area contributed by atoms with Gasteiger partial charge in [0.15, 0.2) is 0 Å². The summed E-state index contributed by atoms with van der Waals surface area (Å²) >= 11 is 0. The molecule has 0 bridgehead atoms. The highest BCUT2D eigenvalue weighted by Gasteiger charge is 2.40. The SMILES string of the molecule is CC1CCCCC1(CN)NS(=O)(=O)c1cccc(C(=O)N(C)C)c1.Cl. The van der Waals surface area contributed by atoms with E-state index >= 15 is 0 Å². The lowest BCUT2D eigenvalue weighted by Crippen LogP contribution is -2.58. The number of carbonyl (C=O) groups is 1. The fourth-order valence-corrected chi connectivity index (χ4v) is 4.87. The Labute approximate surface area is 156 Å². The van der Waals surface area contributed by atoms with Gasteiger partial charge in [0.2, 0.25) is 10.0 Å². The Bertz CT molecular complexity index is 709. The minimum atomic E-state index is -3.75. The highest BCUT2D eigenvalue weighted by molar-refractivity contribution is 7.89. The summed E-state index contributed by atoms with van der Waals surface area (Å²) in [5.74, 6) is -0.0516. The first-order valence-corrected chi connectivity index (χ1v) is 9.76. The first-order valence-electron chi connectivity index (χ1n) is 8.27. The summed E-state index contributed by atoms with van der Waals surface area (Å²) < 4.78 is 28.6. The lowest BCUT2D eigenvalue weighted by molar-refractivity contribution is 0.0827. The zero-order chi connectivity index (χ0) is 18.0. The van der Waals surface area contributed by atoms with Crippen molar-refractivity contribution in [2.24, 2.45) is 11.7 Å².